The SMILES string of the molecule is CC(C#N)(CCCO)N=NC(C)(C#N)CCCO. The second kappa shape index (κ2) is 7.75. The highest BCUT2D eigenvalue weighted by molar-refractivity contribution is 5.07. The largest absolute Gasteiger partial charge is 0.396 e. The van der Waals surface area contributed by atoms with Crippen LogP contribution in [0.4, 0.5) is 0 Å². The minimum atomic E-state index is -1.01. The maximum absolute atomic E-state index is 9.05. The second-order valence-corrected chi connectivity index (χ2v) is 4.63. The summed E-state index contributed by atoms with van der Waals surface area (Å²) < 4.78 is 0. The smallest absolute Gasteiger partial charge is 0.164 e. The van der Waals surface area contributed by atoms with Gasteiger partial charge in [0, 0.05) is 13.2 Å². The van der Waals surface area contributed by atoms with E-state index >= 15 is 0 Å². The first-order valence-electron chi connectivity index (χ1n) is 5.93. The summed E-state index contributed by atoms with van der Waals surface area (Å²) in [7, 11) is 0. The van der Waals surface area contributed by atoms with Crippen LogP contribution in [0.15, 0.2) is 10.2 Å². The lowest BCUT2D eigenvalue weighted by Crippen LogP contribution is -2.24. The van der Waals surface area contributed by atoms with Crippen molar-refractivity contribution in [3.8, 4) is 12.1 Å². The second-order valence-electron chi connectivity index (χ2n) is 4.63. The van der Waals surface area contributed by atoms with Crippen LogP contribution in [0.5, 0.6) is 0 Å². The van der Waals surface area contributed by atoms with E-state index in [9.17, 15) is 0 Å². The third kappa shape index (κ3) is 5.72. The molecule has 2 N–H and O–H groups in total. The molecule has 2 atom stereocenters. The van der Waals surface area contributed by atoms with Gasteiger partial charge < -0.3 is 10.2 Å². The number of nitriles is 2. The van der Waals surface area contributed by atoms with Gasteiger partial charge in [0.25, 0.3) is 0 Å². The van der Waals surface area contributed by atoms with Crippen LogP contribution >= 0.6 is 0 Å². The van der Waals surface area contributed by atoms with Gasteiger partial charge in [-0.05, 0) is 39.5 Å². The Morgan fingerprint density at radius 3 is 1.44 bits per heavy atom. The standard InChI is InChI=1S/C12H20N4O2/c1-11(9-13,5-3-7-17)15-16-12(2,10-14)6-4-8-18/h17-18H,3-8H2,1-2H3. The lowest BCUT2D eigenvalue weighted by Gasteiger charge is -2.19. The normalized spacial score (nSPS) is 17.7. The molecule has 0 saturated heterocycles. The van der Waals surface area contributed by atoms with Crippen LogP contribution in [0.2, 0.25) is 0 Å². The quantitative estimate of drug-likeness (QED) is 0.638. The third-order valence-corrected chi connectivity index (χ3v) is 2.62. The van der Waals surface area contributed by atoms with Gasteiger partial charge in [0.1, 0.15) is 0 Å². The molecule has 0 aliphatic rings. The highest BCUT2D eigenvalue weighted by atomic mass is 16.3. The van der Waals surface area contributed by atoms with E-state index in [0.717, 1.165) is 0 Å². The third-order valence-electron chi connectivity index (χ3n) is 2.62. The first-order chi connectivity index (χ1) is 8.45. The molecular weight excluding hydrogens is 232 g/mol. The first kappa shape index (κ1) is 16.5. The molecule has 0 spiro atoms. The van der Waals surface area contributed by atoms with Gasteiger partial charge in [0.05, 0.1) is 12.1 Å². The van der Waals surface area contributed by atoms with Crippen LogP contribution in [-0.4, -0.2) is 34.5 Å². The van der Waals surface area contributed by atoms with E-state index in [0.29, 0.717) is 25.7 Å². The van der Waals surface area contributed by atoms with Crippen molar-refractivity contribution in [3.63, 3.8) is 0 Å². The zero-order chi connectivity index (χ0) is 14.1. The van der Waals surface area contributed by atoms with Crippen molar-refractivity contribution in [2.45, 2.75) is 50.6 Å². The molecule has 0 amide bonds. The van der Waals surface area contributed by atoms with E-state index < -0.39 is 11.1 Å². The summed E-state index contributed by atoms with van der Waals surface area (Å²) in [6.07, 6.45) is 1.71. The summed E-state index contributed by atoms with van der Waals surface area (Å²) in [5.74, 6) is 0. The van der Waals surface area contributed by atoms with Crippen LogP contribution in [0, 0.1) is 22.7 Å². The van der Waals surface area contributed by atoms with Crippen LogP contribution in [0.25, 0.3) is 0 Å². The number of hydrogen-bond donors (Lipinski definition) is 2. The number of nitrogens with zero attached hydrogens (tertiary/aromatic N) is 4. The fourth-order valence-electron chi connectivity index (χ4n) is 1.32. The molecule has 100 valence electrons. The van der Waals surface area contributed by atoms with Crippen molar-refractivity contribution in [2.24, 2.45) is 10.2 Å². The number of aliphatic hydroxyl groups is 2. The number of azo groups is 1. The molecule has 0 fully saturated rings. The molecule has 2 unspecified atom stereocenters. The first-order valence-corrected chi connectivity index (χ1v) is 5.93. The molecule has 0 aromatic rings. The maximum Gasteiger partial charge on any atom is 0.164 e. The lowest BCUT2D eigenvalue weighted by atomic mass is 9.98. The highest BCUT2D eigenvalue weighted by Crippen LogP contribution is 2.22. The lowest BCUT2D eigenvalue weighted by molar-refractivity contribution is 0.267. The Balaban J connectivity index is 4.75. The molecule has 0 aromatic heterocycles. The van der Waals surface area contributed by atoms with Crippen molar-refractivity contribution >= 4 is 0 Å². The van der Waals surface area contributed by atoms with E-state index in [1.54, 1.807) is 13.8 Å². The predicted molar refractivity (Wildman–Crippen MR) is 65.5 cm³/mol. The average molecular weight is 252 g/mol. The van der Waals surface area contributed by atoms with Crippen LogP contribution in [-0.2, 0) is 0 Å². The van der Waals surface area contributed by atoms with Crippen LogP contribution in [0.3, 0.4) is 0 Å². The molecule has 0 bridgehead atoms. The zero-order valence-electron chi connectivity index (χ0n) is 10.9. The van der Waals surface area contributed by atoms with E-state index in [2.05, 4.69) is 10.2 Å². The van der Waals surface area contributed by atoms with Crippen LogP contribution < -0.4 is 0 Å². The summed E-state index contributed by atoms with van der Waals surface area (Å²) >= 11 is 0. The molecule has 0 aromatic carbocycles. The van der Waals surface area contributed by atoms with Gasteiger partial charge in [-0.15, -0.1) is 0 Å². The monoisotopic (exact) mass is 252 g/mol. The van der Waals surface area contributed by atoms with Gasteiger partial charge >= 0.3 is 0 Å². The zero-order valence-corrected chi connectivity index (χ0v) is 10.9. The number of hydrogen-bond acceptors (Lipinski definition) is 6. The molecule has 6 nitrogen and oxygen atoms in total. The van der Waals surface area contributed by atoms with E-state index in [4.69, 9.17) is 20.7 Å². The average Bonchev–Trinajstić information content (AvgIpc) is 2.40. The summed E-state index contributed by atoms with van der Waals surface area (Å²) in [6, 6.07) is 4.07. The Kier molecular flexibility index (Phi) is 7.11. The molecule has 0 rings (SSSR count). The Bertz CT molecular complexity index is 324. The number of aliphatic hydroxyl groups excluding tert-OH is 2. The summed E-state index contributed by atoms with van der Waals surface area (Å²) in [6.45, 7) is 3.23. The summed E-state index contributed by atoms with van der Waals surface area (Å²) in [5, 5.41) is 43.5. The Labute approximate surface area is 108 Å². The Morgan fingerprint density at radius 2 is 1.22 bits per heavy atom. The van der Waals surface area contributed by atoms with Crippen molar-refractivity contribution in [1.82, 2.24) is 0 Å². The molecule has 0 heterocycles. The molecule has 0 radical (unpaired) electrons. The van der Waals surface area contributed by atoms with E-state index in [1.807, 2.05) is 12.1 Å². The summed E-state index contributed by atoms with van der Waals surface area (Å²) in [4.78, 5) is 0. The topological polar surface area (TPSA) is 113 Å². The van der Waals surface area contributed by atoms with Crippen molar-refractivity contribution in [2.75, 3.05) is 13.2 Å². The Morgan fingerprint density at radius 1 is 0.889 bits per heavy atom. The Hall–Kier alpha value is -1.50. The van der Waals surface area contributed by atoms with Crippen molar-refractivity contribution in [3.05, 3.63) is 0 Å². The van der Waals surface area contributed by atoms with Crippen LogP contribution in [0.1, 0.15) is 39.5 Å². The van der Waals surface area contributed by atoms with Crippen molar-refractivity contribution in [1.29, 1.82) is 10.5 Å². The highest BCUT2D eigenvalue weighted by Gasteiger charge is 2.27. The fourth-order valence-corrected chi connectivity index (χ4v) is 1.32. The molecule has 6 heteroatoms. The molecule has 0 aliphatic carbocycles. The molecular formula is C12H20N4O2. The van der Waals surface area contributed by atoms with Gasteiger partial charge in [-0.2, -0.15) is 20.8 Å². The van der Waals surface area contributed by atoms with E-state index in [-0.39, 0.29) is 13.2 Å². The minimum Gasteiger partial charge on any atom is -0.396 e. The summed E-state index contributed by atoms with van der Waals surface area (Å²) in [5.41, 5.74) is -2.03. The van der Waals surface area contributed by atoms with Crippen molar-refractivity contribution < 1.29 is 10.2 Å². The fraction of sp³-hybridized carbons (Fsp3) is 0.833. The van der Waals surface area contributed by atoms with Gasteiger partial charge in [-0.1, -0.05) is 0 Å². The van der Waals surface area contributed by atoms with Gasteiger partial charge in [-0.25, -0.2) is 0 Å². The molecule has 18 heavy (non-hydrogen) atoms. The predicted octanol–water partition coefficient (Wildman–Crippen LogP) is 1.55. The van der Waals surface area contributed by atoms with E-state index in [1.165, 1.54) is 0 Å². The number of rotatable bonds is 8. The van der Waals surface area contributed by atoms with Gasteiger partial charge in [-0.3, -0.25) is 0 Å². The minimum absolute atomic E-state index is 0.00712. The maximum atomic E-state index is 9.05. The van der Waals surface area contributed by atoms with Gasteiger partial charge in [0.2, 0.25) is 0 Å². The molecule has 0 saturated carbocycles. The molecule has 0 aliphatic heterocycles. The van der Waals surface area contributed by atoms with Gasteiger partial charge in [0.15, 0.2) is 11.1 Å².